The molecule has 1 aliphatic heterocycles. The van der Waals surface area contributed by atoms with Gasteiger partial charge in [-0.25, -0.2) is 4.98 Å². The Morgan fingerprint density at radius 3 is 2.78 bits per heavy atom. The van der Waals surface area contributed by atoms with Crippen LogP contribution in [0.15, 0.2) is 41.1 Å². The SMILES string of the molecule is O=C(c1ccc(Br)cc1)N1CCn2ccnc2C1. The Bertz CT molecular complexity index is 576. The number of nitrogens with zero attached hydrogens (tertiary/aromatic N) is 3. The molecule has 18 heavy (non-hydrogen) atoms. The highest BCUT2D eigenvalue weighted by atomic mass is 79.9. The van der Waals surface area contributed by atoms with E-state index in [0.29, 0.717) is 6.54 Å². The van der Waals surface area contributed by atoms with E-state index >= 15 is 0 Å². The lowest BCUT2D eigenvalue weighted by atomic mass is 10.2. The Kier molecular flexibility index (Phi) is 2.91. The van der Waals surface area contributed by atoms with E-state index in [4.69, 9.17) is 0 Å². The van der Waals surface area contributed by atoms with E-state index in [0.717, 1.165) is 29.0 Å². The van der Waals surface area contributed by atoms with Gasteiger partial charge >= 0.3 is 0 Å². The van der Waals surface area contributed by atoms with Gasteiger partial charge in [0.1, 0.15) is 5.82 Å². The van der Waals surface area contributed by atoms with Crippen LogP contribution in [0.1, 0.15) is 16.2 Å². The monoisotopic (exact) mass is 305 g/mol. The molecule has 3 rings (SSSR count). The van der Waals surface area contributed by atoms with Gasteiger partial charge in [0.25, 0.3) is 5.91 Å². The molecule has 5 heteroatoms. The van der Waals surface area contributed by atoms with Crippen LogP contribution in [0.2, 0.25) is 0 Å². The standard InChI is InChI=1S/C13H12BrN3O/c14-11-3-1-10(2-4-11)13(18)17-8-7-16-6-5-15-12(16)9-17/h1-6H,7-9H2. The zero-order chi connectivity index (χ0) is 12.5. The minimum atomic E-state index is 0.0664. The van der Waals surface area contributed by atoms with Crippen molar-refractivity contribution in [1.82, 2.24) is 14.5 Å². The van der Waals surface area contributed by atoms with Crippen LogP contribution in [0.4, 0.5) is 0 Å². The molecule has 2 heterocycles. The van der Waals surface area contributed by atoms with E-state index in [9.17, 15) is 4.79 Å². The topological polar surface area (TPSA) is 38.1 Å². The van der Waals surface area contributed by atoms with Gasteiger partial charge in [0.2, 0.25) is 0 Å². The summed E-state index contributed by atoms with van der Waals surface area (Å²) < 4.78 is 3.07. The molecule has 1 aromatic heterocycles. The fourth-order valence-electron chi connectivity index (χ4n) is 2.12. The number of benzene rings is 1. The lowest BCUT2D eigenvalue weighted by Gasteiger charge is -2.27. The van der Waals surface area contributed by atoms with E-state index in [1.165, 1.54) is 0 Å². The highest BCUT2D eigenvalue weighted by molar-refractivity contribution is 9.10. The molecule has 0 fully saturated rings. The van der Waals surface area contributed by atoms with Crippen molar-refractivity contribution >= 4 is 21.8 Å². The number of aromatic nitrogens is 2. The first kappa shape index (κ1) is 11.5. The Hall–Kier alpha value is -1.62. The van der Waals surface area contributed by atoms with Crippen LogP contribution >= 0.6 is 15.9 Å². The molecule has 4 nitrogen and oxygen atoms in total. The first-order valence-electron chi connectivity index (χ1n) is 5.79. The minimum absolute atomic E-state index is 0.0664. The normalized spacial score (nSPS) is 14.4. The van der Waals surface area contributed by atoms with Crippen molar-refractivity contribution in [2.75, 3.05) is 6.54 Å². The van der Waals surface area contributed by atoms with Crippen LogP contribution in [-0.4, -0.2) is 26.9 Å². The van der Waals surface area contributed by atoms with Crippen LogP contribution in [-0.2, 0) is 13.1 Å². The summed E-state index contributed by atoms with van der Waals surface area (Å²) in [4.78, 5) is 18.4. The molecular formula is C13H12BrN3O. The number of hydrogen-bond donors (Lipinski definition) is 0. The third-order valence-corrected chi connectivity index (χ3v) is 3.65. The highest BCUT2D eigenvalue weighted by Crippen LogP contribution is 2.16. The molecule has 0 N–H and O–H groups in total. The predicted octanol–water partition coefficient (Wildman–Crippen LogP) is 2.30. The van der Waals surface area contributed by atoms with E-state index in [-0.39, 0.29) is 5.91 Å². The third-order valence-electron chi connectivity index (χ3n) is 3.12. The van der Waals surface area contributed by atoms with E-state index in [1.807, 2.05) is 35.4 Å². The number of carbonyl (C=O) groups is 1. The van der Waals surface area contributed by atoms with Gasteiger partial charge in [-0.05, 0) is 24.3 Å². The molecule has 0 saturated heterocycles. The van der Waals surface area contributed by atoms with Crippen molar-refractivity contribution in [2.24, 2.45) is 0 Å². The fourth-order valence-corrected chi connectivity index (χ4v) is 2.39. The Labute approximate surface area is 113 Å². The first-order chi connectivity index (χ1) is 8.74. The Morgan fingerprint density at radius 1 is 1.22 bits per heavy atom. The van der Waals surface area contributed by atoms with Crippen molar-refractivity contribution in [3.8, 4) is 0 Å². The molecule has 1 amide bonds. The Balaban J connectivity index is 1.80. The average Bonchev–Trinajstić information content (AvgIpc) is 2.86. The summed E-state index contributed by atoms with van der Waals surface area (Å²) in [6.45, 7) is 2.14. The van der Waals surface area contributed by atoms with E-state index in [2.05, 4.69) is 25.5 Å². The molecule has 2 aromatic rings. The quantitative estimate of drug-likeness (QED) is 0.811. The molecular weight excluding hydrogens is 294 g/mol. The molecule has 0 aliphatic carbocycles. The van der Waals surface area contributed by atoms with Gasteiger partial charge in [0.05, 0.1) is 6.54 Å². The molecule has 0 atom stereocenters. The summed E-state index contributed by atoms with van der Waals surface area (Å²) >= 11 is 3.37. The number of fused-ring (bicyclic) bond motifs is 1. The van der Waals surface area contributed by atoms with Gasteiger partial charge in [-0.1, -0.05) is 15.9 Å². The van der Waals surface area contributed by atoms with Crippen LogP contribution in [0, 0.1) is 0 Å². The molecule has 1 aliphatic rings. The lowest BCUT2D eigenvalue weighted by molar-refractivity contribution is 0.0707. The maximum absolute atomic E-state index is 12.3. The second-order valence-corrected chi connectivity index (χ2v) is 5.19. The van der Waals surface area contributed by atoms with Crippen LogP contribution in [0.25, 0.3) is 0 Å². The second kappa shape index (κ2) is 4.57. The van der Waals surface area contributed by atoms with Gasteiger partial charge in [0.15, 0.2) is 0 Å². The molecule has 0 radical (unpaired) electrons. The minimum Gasteiger partial charge on any atom is -0.332 e. The molecule has 0 spiro atoms. The zero-order valence-corrected chi connectivity index (χ0v) is 11.3. The average molecular weight is 306 g/mol. The molecule has 0 bridgehead atoms. The fraction of sp³-hybridized carbons (Fsp3) is 0.231. The summed E-state index contributed by atoms with van der Waals surface area (Å²) in [5.41, 5.74) is 0.721. The lowest BCUT2D eigenvalue weighted by Crippen LogP contribution is -2.38. The maximum atomic E-state index is 12.3. The largest absolute Gasteiger partial charge is 0.332 e. The number of hydrogen-bond acceptors (Lipinski definition) is 2. The van der Waals surface area contributed by atoms with Gasteiger partial charge in [-0.15, -0.1) is 0 Å². The summed E-state index contributed by atoms with van der Waals surface area (Å²) in [5.74, 6) is 1.02. The van der Waals surface area contributed by atoms with Crippen molar-refractivity contribution in [3.05, 3.63) is 52.5 Å². The van der Waals surface area contributed by atoms with Crippen LogP contribution in [0.5, 0.6) is 0 Å². The van der Waals surface area contributed by atoms with Crippen molar-refractivity contribution in [3.63, 3.8) is 0 Å². The van der Waals surface area contributed by atoms with Crippen LogP contribution < -0.4 is 0 Å². The predicted molar refractivity (Wildman–Crippen MR) is 71.1 cm³/mol. The van der Waals surface area contributed by atoms with E-state index in [1.54, 1.807) is 6.20 Å². The van der Waals surface area contributed by atoms with Gasteiger partial charge in [-0.2, -0.15) is 0 Å². The first-order valence-corrected chi connectivity index (χ1v) is 6.58. The summed E-state index contributed by atoms with van der Waals surface area (Å²) in [6.07, 6.45) is 3.74. The van der Waals surface area contributed by atoms with Crippen LogP contribution in [0.3, 0.4) is 0 Å². The van der Waals surface area contributed by atoms with Gasteiger partial charge in [-0.3, -0.25) is 4.79 Å². The molecule has 1 aromatic carbocycles. The molecule has 0 saturated carbocycles. The van der Waals surface area contributed by atoms with Crippen molar-refractivity contribution < 1.29 is 4.79 Å². The second-order valence-electron chi connectivity index (χ2n) is 4.27. The number of carbonyl (C=O) groups excluding carboxylic acids is 1. The van der Waals surface area contributed by atoms with E-state index < -0.39 is 0 Å². The maximum Gasteiger partial charge on any atom is 0.254 e. The molecule has 0 unspecified atom stereocenters. The smallest absolute Gasteiger partial charge is 0.254 e. The number of rotatable bonds is 1. The van der Waals surface area contributed by atoms with Crippen molar-refractivity contribution in [1.29, 1.82) is 0 Å². The Morgan fingerprint density at radius 2 is 2.00 bits per heavy atom. The van der Waals surface area contributed by atoms with Crippen molar-refractivity contribution in [2.45, 2.75) is 13.1 Å². The zero-order valence-electron chi connectivity index (χ0n) is 9.71. The third kappa shape index (κ3) is 2.06. The number of halogens is 1. The van der Waals surface area contributed by atoms with Gasteiger partial charge in [0, 0.05) is 35.5 Å². The van der Waals surface area contributed by atoms with Gasteiger partial charge < -0.3 is 9.47 Å². The highest BCUT2D eigenvalue weighted by Gasteiger charge is 2.21. The summed E-state index contributed by atoms with van der Waals surface area (Å²) in [5, 5.41) is 0. The number of imidazole rings is 1. The summed E-state index contributed by atoms with van der Waals surface area (Å²) in [6, 6.07) is 7.46. The summed E-state index contributed by atoms with van der Waals surface area (Å²) in [7, 11) is 0. The number of amides is 1. The molecule has 92 valence electrons.